The Morgan fingerprint density at radius 1 is 1.37 bits per heavy atom. The Balaban J connectivity index is 2.02. The minimum Gasteiger partial charge on any atom is -0.389 e. The van der Waals surface area contributed by atoms with Gasteiger partial charge in [0.1, 0.15) is 0 Å². The largest absolute Gasteiger partial charge is 0.389 e. The van der Waals surface area contributed by atoms with E-state index in [-0.39, 0.29) is 11.5 Å². The van der Waals surface area contributed by atoms with Crippen LogP contribution in [0.4, 0.5) is 0 Å². The number of hydrogen-bond donors (Lipinski definition) is 2. The van der Waals surface area contributed by atoms with Crippen molar-refractivity contribution >= 4 is 5.91 Å². The van der Waals surface area contributed by atoms with Crippen LogP contribution < -0.4 is 5.32 Å². The van der Waals surface area contributed by atoms with Crippen LogP contribution in [0.2, 0.25) is 0 Å². The van der Waals surface area contributed by atoms with E-state index < -0.39 is 6.10 Å². The van der Waals surface area contributed by atoms with Gasteiger partial charge in [0.2, 0.25) is 5.91 Å². The van der Waals surface area contributed by atoms with Gasteiger partial charge in [0.25, 0.3) is 0 Å². The highest BCUT2D eigenvalue weighted by Crippen LogP contribution is 2.08. The number of amides is 1. The van der Waals surface area contributed by atoms with Crippen LogP contribution in [0.25, 0.3) is 0 Å². The van der Waals surface area contributed by atoms with Gasteiger partial charge in [-0.1, -0.05) is 0 Å². The second kappa shape index (κ2) is 7.82. The molecule has 0 aromatic rings. The minimum atomic E-state index is -0.527. The predicted octanol–water partition coefficient (Wildman–Crippen LogP) is 0.764. The third-order valence-electron chi connectivity index (χ3n) is 3.06. The van der Waals surface area contributed by atoms with E-state index in [1.165, 1.54) is 0 Å². The third kappa shape index (κ3) is 7.50. The lowest BCUT2D eigenvalue weighted by Crippen LogP contribution is -2.36. The summed E-state index contributed by atoms with van der Waals surface area (Å²) in [5, 5.41) is 12.8. The van der Waals surface area contributed by atoms with Crippen LogP contribution in [0.3, 0.4) is 0 Å². The van der Waals surface area contributed by atoms with Crippen molar-refractivity contribution in [1.82, 2.24) is 10.2 Å². The fraction of sp³-hybridized carbons (Fsp3) is 0.929. The summed E-state index contributed by atoms with van der Waals surface area (Å²) in [5.74, 6) is 0.213. The Morgan fingerprint density at radius 3 is 2.58 bits per heavy atom. The first-order valence-corrected chi connectivity index (χ1v) is 7.19. The molecule has 1 aliphatic rings. The van der Waals surface area contributed by atoms with E-state index in [0.29, 0.717) is 26.1 Å². The third-order valence-corrected chi connectivity index (χ3v) is 3.06. The Morgan fingerprint density at radius 2 is 2.00 bits per heavy atom. The lowest BCUT2D eigenvalue weighted by atomic mass is 10.2. The maximum atomic E-state index is 11.7. The first kappa shape index (κ1) is 16.4. The SMILES string of the molecule is CC(C)(C)OCC(O)CNCCC(=O)N1CCCC1. The zero-order valence-corrected chi connectivity index (χ0v) is 12.4. The van der Waals surface area contributed by atoms with Gasteiger partial charge in [-0.3, -0.25) is 4.79 Å². The Bertz CT molecular complexity index is 270. The van der Waals surface area contributed by atoms with Crippen molar-refractivity contribution in [3.05, 3.63) is 0 Å². The van der Waals surface area contributed by atoms with Crippen molar-refractivity contribution in [3.63, 3.8) is 0 Å². The maximum absolute atomic E-state index is 11.7. The highest BCUT2D eigenvalue weighted by molar-refractivity contribution is 5.76. The molecule has 1 fully saturated rings. The number of carbonyl (C=O) groups excluding carboxylic acids is 1. The summed E-state index contributed by atoms with van der Waals surface area (Å²) >= 11 is 0. The van der Waals surface area contributed by atoms with Gasteiger partial charge in [-0.2, -0.15) is 0 Å². The van der Waals surface area contributed by atoms with Crippen LogP contribution in [0.1, 0.15) is 40.0 Å². The molecule has 0 bridgehead atoms. The summed E-state index contributed by atoms with van der Waals surface area (Å²) in [7, 11) is 0. The van der Waals surface area contributed by atoms with Crippen molar-refractivity contribution in [1.29, 1.82) is 0 Å². The van der Waals surface area contributed by atoms with E-state index in [0.717, 1.165) is 25.9 Å². The minimum absolute atomic E-state index is 0.213. The molecular formula is C14H28N2O3. The number of ether oxygens (including phenoxy) is 1. The molecule has 0 aromatic carbocycles. The molecular weight excluding hydrogens is 244 g/mol. The van der Waals surface area contributed by atoms with Crippen LogP contribution in [0, 0.1) is 0 Å². The summed E-state index contributed by atoms with van der Waals surface area (Å²) in [6.45, 7) is 9.08. The van der Waals surface area contributed by atoms with Crippen molar-refractivity contribution in [2.45, 2.75) is 51.7 Å². The monoisotopic (exact) mass is 272 g/mol. The fourth-order valence-electron chi connectivity index (χ4n) is 1.99. The van der Waals surface area contributed by atoms with Crippen molar-refractivity contribution in [2.75, 3.05) is 32.8 Å². The van der Waals surface area contributed by atoms with Crippen molar-refractivity contribution in [3.8, 4) is 0 Å². The lowest BCUT2D eigenvalue weighted by Gasteiger charge is -2.22. The smallest absolute Gasteiger partial charge is 0.223 e. The zero-order valence-electron chi connectivity index (χ0n) is 12.4. The van der Waals surface area contributed by atoms with Crippen LogP contribution in [0.15, 0.2) is 0 Å². The first-order chi connectivity index (χ1) is 8.88. The molecule has 1 amide bonds. The van der Waals surface area contributed by atoms with E-state index in [9.17, 15) is 9.90 Å². The number of hydrogen-bond acceptors (Lipinski definition) is 4. The molecule has 0 aliphatic carbocycles. The van der Waals surface area contributed by atoms with Crippen LogP contribution in [0.5, 0.6) is 0 Å². The molecule has 1 saturated heterocycles. The van der Waals surface area contributed by atoms with Gasteiger partial charge >= 0.3 is 0 Å². The van der Waals surface area contributed by atoms with Gasteiger partial charge < -0.3 is 20.1 Å². The molecule has 0 aromatic heterocycles. The number of likely N-dealkylation sites (tertiary alicyclic amines) is 1. The van der Waals surface area contributed by atoms with E-state index >= 15 is 0 Å². The predicted molar refractivity (Wildman–Crippen MR) is 75.0 cm³/mol. The van der Waals surface area contributed by atoms with E-state index in [1.807, 2.05) is 25.7 Å². The average molecular weight is 272 g/mol. The Labute approximate surface area is 116 Å². The number of rotatable bonds is 7. The summed E-state index contributed by atoms with van der Waals surface area (Å²) in [6, 6.07) is 0. The molecule has 19 heavy (non-hydrogen) atoms. The quantitative estimate of drug-likeness (QED) is 0.672. The second-order valence-corrected chi connectivity index (χ2v) is 6.12. The second-order valence-electron chi connectivity index (χ2n) is 6.12. The standard InChI is InChI=1S/C14H28N2O3/c1-14(2,3)19-11-12(17)10-15-7-6-13(18)16-8-4-5-9-16/h12,15,17H,4-11H2,1-3H3. The number of carbonyl (C=O) groups is 1. The summed E-state index contributed by atoms with van der Waals surface area (Å²) in [6.07, 6.45) is 2.23. The van der Waals surface area contributed by atoms with Gasteiger partial charge in [-0.05, 0) is 33.6 Å². The van der Waals surface area contributed by atoms with Gasteiger partial charge in [-0.25, -0.2) is 0 Å². The maximum Gasteiger partial charge on any atom is 0.223 e. The van der Waals surface area contributed by atoms with E-state index in [1.54, 1.807) is 0 Å². The molecule has 0 saturated carbocycles. The topological polar surface area (TPSA) is 61.8 Å². The molecule has 1 atom stereocenters. The summed E-state index contributed by atoms with van der Waals surface area (Å²) in [5.41, 5.74) is -0.229. The fourth-order valence-corrected chi connectivity index (χ4v) is 1.99. The summed E-state index contributed by atoms with van der Waals surface area (Å²) in [4.78, 5) is 13.7. The van der Waals surface area contributed by atoms with Gasteiger partial charge in [0, 0.05) is 32.6 Å². The highest BCUT2D eigenvalue weighted by atomic mass is 16.5. The summed E-state index contributed by atoms with van der Waals surface area (Å²) < 4.78 is 5.49. The molecule has 1 aliphatic heterocycles. The van der Waals surface area contributed by atoms with E-state index in [4.69, 9.17) is 4.74 Å². The number of aliphatic hydroxyl groups is 1. The molecule has 5 heteroatoms. The molecule has 1 unspecified atom stereocenters. The van der Waals surface area contributed by atoms with Crippen LogP contribution >= 0.6 is 0 Å². The zero-order chi connectivity index (χ0) is 14.3. The van der Waals surface area contributed by atoms with Gasteiger partial charge in [0.15, 0.2) is 0 Å². The van der Waals surface area contributed by atoms with Crippen molar-refractivity contribution < 1.29 is 14.6 Å². The van der Waals surface area contributed by atoms with Gasteiger partial charge in [-0.15, -0.1) is 0 Å². The lowest BCUT2D eigenvalue weighted by molar-refractivity contribution is -0.130. The molecule has 1 rings (SSSR count). The highest BCUT2D eigenvalue weighted by Gasteiger charge is 2.17. The van der Waals surface area contributed by atoms with Crippen molar-refractivity contribution in [2.24, 2.45) is 0 Å². The normalized spacial score (nSPS) is 17.8. The van der Waals surface area contributed by atoms with Crippen LogP contribution in [-0.4, -0.2) is 60.4 Å². The average Bonchev–Trinajstić information content (AvgIpc) is 2.84. The molecule has 2 N–H and O–H groups in total. The molecule has 112 valence electrons. The Hall–Kier alpha value is -0.650. The first-order valence-electron chi connectivity index (χ1n) is 7.19. The number of nitrogens with zero attached hydrogens (tertiary/aromatic N) is 1. The van der Waals surface area contributed by atoms with Crippen LogP contribution in [-0.2, 0) is 9.53 Å². The Kier molecular flexibility index (Phi) is 6.75. The van der Waals surface area contributed by atoms with E-state index in [2.05, 4.69) is 5.32 Å². The number of aliphatic hydroxyl groups excluding tert-OH is 1. The molecule has 1 heterocycles. The number of nitrogens with one attached hydrogen (secondary N) is 1. The van der Waals surface area contributed by atoms with Gasteiger partial charge in [0.05, 0.1) is 18.3 Å². The molecule has 5 nitrogen and oxygen atoms in total. The molecule has 0 spiro atoms. The molecule has 0 radical (unpaired) electrons.